The molecule has 1 aromatic rings. The predicted molar refractivity (Wildman–Crippen MR) is 63.4 cm³/mol. The molecule has 0 aliphatic heterocycles. The quantitative estimate of drug-likeness (QED) is 0.602. The van der Waals surface area contributed by atoms with E-state index in [1.54, 1.807) is 31.2 Å². The van der Waals surface area contributed by atoms with Crippen molar-refractivity contribution < 1.29 is 9.90 Å². The maximum Gasteiger partial charge on any atom is 0.240 e. The lowest BCUT2D eigenvalue weighted by Gasteiger charge is -2.02. The van der Waals surface area contributed by atoms with Crippen molar-refractivity contribution in [2.45, 2.75) is 26.7 Å². The number of nitrogens with zero attached hydrogens (tertiary/aromatic N) is 1. The van der Waals surface area contributed by atoms with Crippen LogP contribution >= 0.6 is 0 Å². The van der Waals surface area contributed by atoms with E-state index in [2.05, 4.69) is 10.5 Å². The van der Waals surface area contributed by atoms with Crippen molar-refractivity contribution >= 4 is 11.6 Å². The fourth-order valence-electron chi connectivity index (χ4n) is 1.20. The van der Waals surface area contributed by atoms with Crippen LogP contribution in [-0.4, -0.2) is 16.7 Å². The van der Waals surface area contributed by atoms with Gasteiger partial charge in [-0.3, -0.25) is 4.79 Å². The molecule has 1 aromatic carbocycles. The molecule has 0 radical (unpaired) electrons. The molecule has 0 heterocycles. The monoisotopic (exact) mass is 220 g/mol. The molecule has 2 N–H and O–H groups in total. The van der Waals surface area contributed by atoms with Gasteiger partial charge in [-0.25, -0.2) is 5.43 Å². The van der Waals surface area contributed by atoms with Crippen molar-refractivity contribution in [2.24, 2.45) is 5.10 Å². The second-order valence-electron chi connectivity index (χ2n) is 3.53. The number of hydrazone groups is 1. The molecule has 16 heavy (non-hydrogen) atoms. The van der Waals surface area contributed by atoms with E-state index in [-0.39, 0.29) is 11.7 Å². The highest BCUT2D eigenvalue weighted by molar-refractivity contribution is 5.99. The molecule has 4 nitrogen and oxygen atoms in total. The summed E-state index contributed by atoms with van der Waals surface area (Å²) in [7, 11) is 0. The smallest absolute Gasteiger partial charge is 0.240 e. The van der Waals surface area contributed by atoms with E-state index in [1.807, 2.05) is 6.92 Å². The summed E-state index contributed by atoms with van der Waals surface area (Å²) in [6, 6.07) is 6.67. The van der Waals surface area contributed by atoms with Crippen LogP contribution in [0.25, 0.3) is 0 Å². The van der Waals surface area contributed by atoms with Crippen LogP contribution in [0.3, 0.4) is 0 Å². The summed E-state index contributed by atoms with van der Waals surface area (Å²) >= 11 is 0. The van der Waals surface area contributed by atoms with Gasteiger partial charge in [0.2, 0.25) is 5.91 Å². The van der Waals surface area contributed by atoms with Crippen LogP contribution in [0.15, 0.2) is 29.4 Å². The van der Waals surface area contributed by atoms with E-state index in [4.69, 9.17) is 5.11 Å². The van der Waals surface area contributed by atoms with Gasteiger partial charge in [0.15, 0.2) is 0 Å². The van der Waals surface area contributed by atoms with Gasteiger partial charge < -0.3 is 5.11 Å². The Kier molecular flexibility index (Phi) is 4.51. The van der Waals surface area contributed by atoms with E-state index in [0.29, 0.717) is 12.1 Å². The largest absolute Gasteiger partial charge is 0.508 e. The molecule has 86 valence electrons. The van der Waals surface area contributed by atoms with Crippen molar-refractivity contribution in [3.63, 3.8) is 0 Å². The topological polar surface area (TPSA) is 61.7 Å². The lowest BCUT2D eigenvalue weighted by molar-refractivity contribution is -0.121. The number of benzene rings is 1. The molecule has 0 saturated carbocycles. The maximum absolute atomic E-state index is 11.2. The van der Waals surface area contributed by atoms with Crippen LogP contribution in [0, 0.1) is 0 Å². The van der Waals surface area contributed by atoms with Gasteiger partial charge in [-0.05, 0) is 43.2 Å². The summed E-state index contributed by atoms with van der Waals surface area (Å²) in [5.74, 6) is 0.132. The molecule has 0 aromatic heterocycles. The summed E-state index contributed by atoms with van der Waals surface area (Å²) in [5, 5.41) is 13.1. The van der Waals surface area contributed by atoms with Crippen molar-refractivity contribution in [1.82, 2.24) is 5.43 Å². The molecule has 4 heteroatoms. The molecule has 0 atom stereocenters. The van der Waals surface area contributed by atoms with Gasteiger partial charge in [0.05, 0.1) is 5.71 Å². The molecule has 0 aliphatic rings. The minimum absolute atomic E-state index is 0.0828. The van der Waals surface area contributed by atoms with Gasteiger partial charge in [0.1, 0.15) is 5.75 Å². The Hall–Kier alpha value is -1.84. The van der Waals surface area contributed by atoms with Crippen LogP contribution in [0.1, 0.15) is 32.3 Å². The van der Waals surface area contributed by atoms with E-state index in [9.17, 15) is 4.79 Å². The van der Waals surface area contributed by atoms with Crippen LogP contribution in [0.5, 0.6) is 5.75 Å². The molecule has 0 bridgehead atoms. The number of amides is 1. The zero-order chi connectivity index (χ0) is 12.0. The van der Waals surface area contributed by atoms with Gasteiger partial charge in [-0.15, -0.1) is 0 Å². The molecule has 0 spiro atoms. The van der Waals surface area contributed by atoms with Crippen molar-refractivity contribution in [2.75, 3.05) is 0 Å². The minimum atomic E-state index is -0.0828. The molecule has 0 aliphatic carbocycles. The average Bonchev–Trinajstić information content (AvgIpc) is 2.27. The second-order valence-corrected chi connectivity index (χ2v) is 3.53. The Morgan fingerprint density at radius 1 is 1.38 bits per heavy atom. The normalized spacial score (nSPS) is 11.2. The number of carbonyl (C=O) groups excluding carboxylic acids is 1. The Morgan fingerprint density at radius 3 is 2.56 bits per heavy atom. The summed E-state index contributed by atoms with van der Waals surface area (Å²) in [6.07, 6.45) is 1.28. The molecular formula is C12H16N2O2. The third kappa shape index (κ3) is 3.73. The Morgan fingerprint density at radius 2 is 2.00 bits per heavy atom. The first-order chi connectivity index (χ1) is 7.63. The minimum Gasteiger partial charge on any atom is -0.508 e. The first-order valence-corrected chi connectivity index (χ1v) is 5.26. The molecule has 0 unspecified atom stereocenters. The number of phenols is 1. The Balaban J connectivity index is 2.63. The molecule has 0 saturated heterocycles. The van der Waals surface area contributed by atoms with Gasteiger partial charge in [-0.2, -0.15) is 5.10 Å². The number of aromatic hydroxyl groups is 1. The van der Waals surface area contributed by atoms with E-state index >= 15 is 0 Å². The van der Waals surface area contributed by atoms with Crippen LogP contribution in [0.2, 0.25) is 0 Å². The fourth-order valence-corrected chi connectivity index (χ4v) is 1.20. The third-order valence-corrected chi connectivity index (χ3v) is 2.11. The first-order valence-electron chi connectivity index (χ1n) is 5.26. The van der Waals surface area contributed by atoms with E-state index in [0.717, 1.165) is 12.0 Å². The highest BCUT2D eigenvalue weighted by Crippen LogP contribution is 2.10. The van der Waals surface area contributed by atoms with Crippen LogP contribution in [-0.2, 0) is 4.79 Å². The van der Waals surface area contributed by atoms with Gasteiger partial charge in [0.25, 0.3) is 0 Å². The average molecular weight is 220 g/mol. The highest BCUT2D eigenvalue weighted by atomic mass is 16.3. The molecular weight excluding hydrogens is 204 g/mol. The summed E-state index contributed by atoms with van der Waals surface area (Å²) in [5.41, 5.74) is 4.07. The van der Waals surface area contributed by atoms with Crippen LogP contribution < -0.4 is 5.43 Å². The third-order valence-electron chi connectivity index (χ3n) is 2.11. The zero-order valence-corrected chi connectivity index (χ0v) is 9.53. The number of carbonyl (C=O) groups is 1. The summed E-state index contributed by atoms with van der Waals surface area (Å²) < 4.78 is 0. The predicted octanol–water partition coefficient (Wildman–Crippen LogP) is 2.03. The van der Waals surface area contributed by atoms with Gasteiger partial charge in [0, 0.05) is 6.42 Å². The first kappa shape index (κ1) is 12.2. The Labute approximate surface area is 95.0 Å². The number of hydrogen-bond donors (Lipinski definition) is 2. The van der Waals surface area contributed by atoms with E-state index in [1.165, 1.54) is 0 Å². The summed E-state index contributed by atoms with van der Waals surface area (Å²) in [4.78, 5) is 11.2. The number of nitrogens with one attached hydrogen (secondary N) is 1. The summed E-state index contributed by atoms with van der Waals surface area (Å²) in [6.45, 7) is 3.74. The lowest BCUT2D eigenvalue weighted by atomic mass is 10.1. The number of phenolic OH excluding ortho intramolecular Hbond substituents is 1. The standard InChI is InChI=1S/C12H16N2O2/c1-3-4-12(16)14-13-9(2)10-5-7-11(15)8-6-10/h5-8,15H,3-4H2,1-2H3,(H,14,16)/b13-9+. The molecule has 1 rings (SSSR count). The highest BCUT2D eigenvalue weighted by Gasteiger charge is 1.99. The maximum atomic E-state index is 11.2. The lowest BCUT2D eigenvalue weighted by Crippen LogP contribution is -2.18. The Bertz CT molecular complexity index is 383. The van der Waals surface area contributed by atoms with Crippen molar-refractivity contribution in [1.29, 1.82) is 0 Å². The van der Waals surface area contributed by atoms with Gasteiger partial charge in [-0.1, -0.05) is 6.92 Å². The SMILES string of the molecule is CCCC(=O)N/N=C(\C)c1ccc(O)cc1. The zero-order valence-electron chi connectivity index (χ0n) is 9.53. The van der Waals surface area contributed by atoms with E-state index < -0.39 is 0 Å². The number of rotatable bonds is 4. The van der Waals surface area contributed by atoms with Crippen molar-refractivity contribution in [3.05, 3.63) is 29.8 Å². The number of hydrogen-bond acceptors (Lipinski definition) is 3. The molecule has 1 amide bonds. The second kappa shape index (κ2) is 5.90. The molecule has 0 fully saturated rings. The van der Waals surface area contributed by atoms with Gasteiger partial charge >= 0.3 is 0 Å². The van der Waals surface area contributed by atoms with Crippen molar-refractivity contribution in [3.8, 4) is 5.75 Å². The van der Waals surface area contributed by atoms with Crippen LogP contribution in [0.4, 0.5) is 0 Å². The fraction of sp³-hybridized carbons (Fsp3) is 0.333.